The van der Waals surface area contributed by atoms with E-state index in [1.54, 1.807) is 11.8 Å². The molecule has 1 saturated heterocycles. The molecule has 2 fully saturated rings. The predicted molar refractivity (Wildman–Crippen MR) is 64.1 cm³/mol. The molecule has 2 rings (SSSR count). The second-order valence-electron chi connectivity index (χ2n) is 5.16. The summed E-state index contributed by atoms with van der Waals surface area (Å²) in [6.07, 6.45) is 1.48. The number of likely N-dealkylation sites (N-methyl/N-ethyl adjacent to an activating group) is 1. The van der Waals surface area contributed by atoms with Crippen molar-refractivity contribution in [1.29, 1.82) is 0 Å². The third kappa shape index (κ3) is 2.43. The lowest BCUT2D eigenvalue weighted by Crippen LogP contribution is -2.44. The number of hydrogen-bond acceptors (Lipinski definition) is 3. The Morgan fingerprint density at radius 2 is 2.06 bits per heavy atom. The first-order chi connectivity index (χ1) is 8.52. The van der Waals surface area contributed by atoms with Gasteiger partial charge in [0.1, 0.15) is 6.54 Å². The summed E-state index contributed by atoms with van der Waals surface area (Å²) in [6.45, 7) is 3.10. The van der Waals surface area contributed by atoms with Gasteiger partial charge in [0, 0.05) is 25.6 Å². The molecule has 0 spiro atoms. The summed E-state index contributed by atoms with van der Waals surface area (Å²) in [6, 6.07) is -0.221. The Balaban J connectivity index is 1.96. The van der Waals surface area contributed by atoms with Gasteiger partial charge in [0.25, 0.3) is 0 Å². The van der Waals surface area contributed by atoms with Crippen LogP contribution in [0.1, 0.15) is 19.8 Å². The minimum Gasteiger partial charge on any atom is -0.480 e. The highest BCUT2D eigenvalue weighted by atomic mass is 16.4. The molecule has 1 heterocycles. The van der Waals surface area contributed by atoms with Crippen molar-refractivity contribution in [2.24, 2.45) is 11.8 Å². The largest absolute Gasteiger partial charge is 0.480 e. The van der Waals surface area contributed by atoms with E-state index in [0.717, 1.165) is 12.8 Å². The number of aliphatic hydroxyl groups is 1. The number of hydrogen-bond donors (Lipinski definition) is 2. The molecule has 18 heavy (non-hydrogen) atoms. The van der Waals surface area contributed by atoms with Crippen LogP contribution in [0.25, 0.3) is 0 Å². The molecule has 3 atom stereocenters. The monoisotopic (exact) mass is 256 g/mol. The number of urea groups is 1. The minimum absolute atomic E-state index is 0.178. The number of nitrogens with zero attached hydrogens (tertiary/aromatic N) is 2. The fourth-order valence-electron chi connectivity index (χ4n) is 3.07. The number of likely N-dealkylation sites (tertiary alicyclic amines) is 1. The lowest BCUT2D eigenvalue weighted by molar-refractivity contribution is -0.137. The molecule has 3 unspecified atom stereocenters. The van der Waals surface area contributed by atoms with E-state index < -0.39 is 5.97 Å². The van der Waals surface area contributed by atoms with Crippen molar-refractivity contribution in [1.82, 2.24) is 9.80 Å². The van der Waals surface area contributed by atoms with Crippen LogP contribution in [0.3, 0.4) is 0 Å². The zero-order chi connectivity index (χ0) is 13.3. The molecule has 102 valence electrons. The van der Waals surface area contributed by atoms with Gasteiger partial charge in [-0.25, -0.2) is 4.79 Å². The molecule has 6 heteroatoms. The smallest absolute Gasteiger partial charge is 0.323 e. The lowest BCUT2D eigenvalue weighted by Gasteiger charge is -2.26. The zero-order valence-corrected chi connectivity index (χ0v) is 10.6. The number of aliphatic carboxylic acids is 1. The Bertz CT molecular complexity index is 347. The molecule has 1 aliphatic carbocycles. The SMILES string of the molecule is CCN(CC(=O)O)C(=O)N1CC2CCC(O)C2C1. The van der Waals surface area contributed by atoms with E-state index in [0.29, 0.717) is 25.6 Å². The van der Waals surface area contributed by atoms with Crippen LogP contribution in [0.2, 0.25) is 0 Å². The third-order valence-electron chi connectivity index (χ3n) is 4.07. The van der Waals surface area contributed by atoms with Crippen molar-refractivity contribution < 1.29 is 19.8 Å². The molecule has 2 amide bonds. The number of carboxylic acid groups (broad SMARTS) is 1. The summed E-state index contributed by atoms with van der Waals surface area (Å²) in [5.41, 5.74) is 0. The van der Waals surface area contributed by atoms with Gasteiger partial charge in [-0.05, 0) is 25.7 Å². The standard InChI is InChI=1S/C12H20N2O4/c1-2-13(7-11(16)17)12(18)14-5-8-3-4-10(15)9(8)6-14/h8-10,15H,2-7H2,1H3,(H,16,17). The quantitative estimate of drug-likeness (QED) is 0.756. The summed E-state index contributed by atoms with van der Waals surface area (Å²) in [5, 5.41) is 18.6. The van der Waals surface area contributed by atoms with Crippen LogP contribution in [0.15, 0.2) is 0 Å². The molecular weight excluding hydrogens is 236 g/mol. The summed E-state index contributed by atoms with van der Waals surface area (Å²) >= 11 is 0. The van der Waals surface area contributed by atoms with Gasteiger partial charge >= 0.3 is 12.0 Å². The van der Waals surface area contributed by atoms with Gasteiger partial charge < -0.3 is 20.0 Å². The Hall–Kier alpha value is -1.30. The van der Waals surface area contributed by atoms with E-state index >= 15 is 0 Å². The Morgan fingerprint density at radius 1 is 1.33 bits per heavy atom. The normalized spacial score (nSPS) is 30.3. The predicted octanol–water partition coefficient (Wildman–Crippen LogP) is 0.216. The summed E-state index contributed by atoms with van der Waals surface area (Å²) in [4.78, 5) is 25.9. The van der Waals surface area contributed by atoms with Crippen molar-refractivity contribution in [3.05, 3.63) is 0 Å². The van der Waals surface area contributed by atoms with Crippen LogP contribution in [0, 0.1) is 11.8 Å². The Labute approximate surface area is 106 Å². The molecule has 1 aliphatic heterocycles. The van der Waals surface area contributed by atoms with Gasteiger partial charge in [-0.3, -0.25) is 4.79 Å². The number of rotatable bonds is 3. The van der Waals surface area contributed by atoms with E-state index in [-0.39, 0.29) is 24.6 Å². The van der Waals surface area contributed by atoms with Crippen molar-refractivity contribution in [3.63, 3.8) is 0 Å². The van der Waals surface area contributed by atoms with E-state index in [4.69, 9.17) is 5.11 Å². The van der Waals surface area contributed by atoms with Gasteiger partial charge in [-0.1, -0.05) is 0 Å². The Morgan fingerprint density at radius 3 is 2.61 bits per heavy atom. The average molecular weight is 256 g/mol. The molecular formula is C12H20N2O4. The first kappa shape index (κ1) is 13.1. The first-order valence-electron chi connectivity index (χ1n) is 6.46. The number of carboxylic acids is 1. The minimum atomic E-state index is -0.996. The highest BCUT2D eigenvalue weighted by molar-refractivity contribution is 5.80. The fraction of sp³-hybridized carbons (Fsp3) is 0.833. The molecule has 0 bridgehead atoms. The maximum absolute atomic E-state index is 12.2. The molecule has 6 nitrogen and oxygen atoms in total. The maximum Gasteiger partial charge on any atom is 0.323 e. The van der Waals surface area contributed by atoms with Crippen LogP contribution >= 0.6 is 0 Å². The fourth-order valence-corrected chi connectivity index (χ4v) is 3.07. The van der Waals surface area contributed by atoms with Gasteiger partial charge in [-0.2, -0.15) is 0 Å². The number of aliphatic hydroxyl groups excluding tert-OH is 1. The molecule has 1 saturated carbocycles. The maximum atomic E-state index is 12.2. The molecule has 2 N–H and O–H groups in total. The number of fused-ring (bicyclic) bond motifs is 1. The molecule has 0 aromatic heterocycles. The van der Waals surface area contributed by atoms with Gasteiger partial charge in [0.2, 0.25) is 0 Å². The van der Waals surface area contributed by atoms with Crippen molar-refractivity contribution >= 4 is 12.0 Å². The molecule has 0 aromatic rings. The van der Waals surface area contributed by atoms with Gasteiger partial charge in [-0.15, -0.1) is 0 Å². The summed E-state index contributed by atoms with van der Waals surface area (Å²) in [7, 11) is 0. The summed E-state index contributed by atoms with van der Waals surface area (Å²) in [5.74, 6) is -0.436. The highest BCUT2D eigenvalue weighted by Gasteiger charge is 2.44. The topological polar surface area (TPSA) is 81.1 Å². The van der Waals surface area contributed by atoms with Crippen molar-refractivity contribution in [3.8, 4) is 0 Å². The van der Waals surface area contributed by atoms with E-state index in [2.05, 4.69) is 0 Å². The van der Waals surface area contributed by atoms with Gasteiger partial charge in [0.15, 0.2) is 0 Å². The number of carbonyl (C=O) groups is 2. The van der Waals surface area contributed by atoms with E-state index in [1.807, 2.05) is 0 Å². The van der Waals surface area contributed by atoms with E-state index in [1.165, 1.54) is 4.90 Å². The van der Waals surface area contributed by atoms with Crippen LogP contribution < -0.4 is 0 Å². The van der Waals surface area contributed by atoms with Crippen LogP contribution in [-0.2, 0) is 4.79 Å². The number of amides is 2. The summed E-state index contributed by atoms with van der Waals surface area (Å²) < 4.78 is 0. The zero-order valence-electron chi connectivity index (χ0n) is 10.6. The van der Waals surface area contributed by atoms with Crippen molar-refractivity contribution in [2.45, 2.75) is 25.9 Å². The highest BCUT2D eigenvalue weighted by Crippen LogP contribution is 2.38. The van der Waals surface area contributed by atoms with E-state index in [9.17, 15) is 14.7 Å². The lowest BCUT2D eigenvalue weighted by atomic mass is 10.00. The van der Waals surface area contributed by atoms with Crippen LogP contribution in [-0.4, -0.2) is 64.3 Å². The Kier molecular flexibility index (Phi) is 3.75. The molecule has 0 radical (unpaired) electrons. The number of carbonyl (C=O) groups excluding carboxylic acids is 1. The molecule has 0 aromatic carbocycles. The second kappa shape index (κ2) is 5.14. The molecule has 2 aliphatic rings. The second-order valence-corrected chi connectivity index (χ2v) is 5.16. The van der Waals surface area contributed by atoms with Gasteiger partial charge in [0.05, 0.1) is 6.10 Å². The first-order valence-corrected chi connectivity index (χ1v) is 6.46. The van der Waals surface area contributed by atoms with Crippen LogP contribution in [0.5, 0.6) is 0 Å². The average Bonchev–Trinajstić information content (AvgIpc) is 2.88. The van der Waals surface area contributed by atoms with Crippen LogP contribution in [0.4, 0.5) is 4.79 Å². The van der Waals surface area contributed by atoms with Crippen molar-refractivity contribution in [2.75, 3.05) is 26.2 Å². The third-order valence-corrected chi connectivity index (χ3v) is 4.07.